The molecule has 2 amide bonds. The number of amides is 2. The second-order valence-corrected chi connectivity index (χ2v) is 12.5. The molecule has 0 bridgehead atoms. The van der Waals surface area contributed by atoms with Crippen molar-refractivity contribution in [2.24, 2.45) is 5.41 Å². The van der Waals surface area contributed by atoms with Gasteiger partial charge in [0.05, 0.1) is 38.7 Å². The highest BCUT2D eigenvalue weighted by molar-refractivity contribution is 9.10. The van der Waals surface area contributed by atoms with Crippen LogP contribution in [0.3, 0.4) is 0 Å². The normalized spacial score (nSPS) is 19.0. The molecule has 7 nitrogen and oxygen atoms in total. The van der Waals surface area contributed by atoms with Crippen molar-refractivity contribution >= 4 is 33.3 Å². The number of carbonyl (C=O) groups excluding carboxylic acids is 1. The van der Waals surface area contributed by atoms with Crippen molar-refractivity contribution in [3.8, 4) is 0 Å². The molecule has 2 aliphatic rings. The molecule has 0 aromatic heterocycles. The predicted molar refractivity (Wildman–Crippen MR) is 156 cm³/mol. The van der Waals surface area contributed by atoms with E-state index in [2.05, 4.69) is 97.3 Å². The lowest BCUT2D eigenvalue weighted by atomic mass is 9.92. The molecule has 2 aromatic rings. The molecule has 4 rings (SSSR count). The van der Waals surface area contributed by atoms with Gasteiger partial charge in [0.25, 0.3) is 0 Å². The average Bonchev–Trinajstić information content (AvgIpc) is 2.88. The van der Waals surface area contributed by atoms with Gasteiger partial charge in [-0.25, -0.2) is 4.79 Å². The molecule has 0 aliphatic carbocycles. The van der Waals surface area contributed by atoms with E-state index in [9.17, 15) is 4.79 Å². The largest absolute Gasteiger partial charge is 0.378 e. The molecule has 2 aromatic carbocycles. The molecule has 208 valence electrons. The van der Waals surface area contributed by atoms with E-state index in [1.54, 1.807) is 0 Å². The van der Waals surface area contributed by atoms with Gasteiger partial charge in [0.1, 0.15) is 0 Å². The maximum absolute atomic E-state index is 13.3. The fraction of sp³-hybridized carbons (Fsp3) is 0.567. The first-order valence-electron chi connectivity index (χ1n) is 13.6. The first-order chi connectivity index (χ1) is 18.0. The van der Waals surface area contributed by atoms with Crippen LogP contribution in [0, 0.1) is 5.41 Å². The molecule has 2 fully saturated rings. The first kappa shape index (κ1) is 28.9. The maximum Gasteiger partial charge on any atom is 0.319 e. The molecular formula is C30H42BrN3O4. The van der Waals surface area contributed by atoms with Crippen LogP contribution in [0.1, 0.15) is 70.1 Å². The SMILES string of the molecule is CC(C)c1cccc(C(C)C)c1NC(=O)NCC1(c2ccc(N3CCOCC3)c(Br)c2)OCC(C)(C)CO1. The van der Waals surface area contributed by atoms with Gasteiger partial charge in [-0.05, 0) is 51.0 Å². The number of carbonyl (C=O) groups is 1. The van der Waals surface area contributed by atoms with Gasteiger partial charge in [-0.1, -0.05) is 65.8 Å². The molecule has 2 aliphatic heterocycles. The van der Waals surface area contributed by atoms with Gasteiger partial charge in [0.2, 0.25) is 5.79 Å². The van der Waals surface area contributed by atoms with E-state index < -0.39 is 5.79 Å². The molecule has 8 heteroatoms. The lowest BCUT2D eigenvalue weighted by molar-refractivity contribution is -0.303. The number of urea groups is 1. The van der Waals surface area contributed by atoms with Crippen LogP contribution < -0.4 is 15.5 Å². The number of halogens is 1. The smallest absolute Gasteiger partial charge is 0.319 e. The summed E-state index contributed by atoms with van der Waals surface area (Å²) >= 11 is 3.77. The molecule has 0 atom stereocenters. The van der Waals surface area contributed by atoms with Gasteiger partial charge in [-0.3, -0.25) is 0 Å². The molecule has 2 heterocycles. The zero-order valence-electron chi connectivity index (χ0n) is 23.5. The van der Waals surface area contributed by atoms with Crippen LogP contribution in [-0.4, -0.2) is 52.1 Å². The first-order valence-corrected chi connectivity index (χ1v) is 14.4. The van der Waals surface area contributed by atoms with Crippen LogP contribution in [0.5, 0.6) is 0 Å². The fourth-order valence-corrected chi connectivity index (χ4v) is 5.56. The lowest BCUT2D eigenvalue weighted by Gasteiger charge is -2.44. The van der Waals surface area contributed by atoms with E-state index in [-0.39, 0.29) is 29.8 Å². The monoisotopic (exact) mass is 587 g/mol. The summed E-state index contributed by atoms with van der Waals surface area (Å²) in [7, 11) is 0. The Kier molecular flexibility index (Phi) is 9.07. The average molecular weight is 589 g/mol. The minimum absolute atomic E-state index is 0.112. The Morgan fingerprint density at radius 1 is 1.00 bits per heavy atom. The summed E-state index contributed by atoms with van der Waals surface area (Å²) in [6.07, 6.45) is 0. The number of morpholine rings is 1. The Morgan fingerprint density at radius 2 is 1.61 bits per heavy atom. The number of benzene rings is 2. The van der Waals surface area contributed by atoms with Gasteiger partial charge in [-0.2, -0.15) is 0 Å². The van der Waals surface area contributed by atoms with Crippen molar-refractivity contribution < 1.29 is 19.0 Å². The second kappa shape index (κ2) is 11.9. The topological polar surface area (TPSA) is 72.1 Å². The third-order valence-corrected chi connectivity index (χ3v) is 7.86. The van der Waals surface area contributed by atoms with Gasteiger partial charge in [-0.15, -0.1) is 0 Å². The summed E-state index contributed by atoms with van der Waals surface area (Å²) in [5.41, 5.74) is 4.99. The highest BCUT2D eigenvalue weighted by Crippen LogP contribution is 2.39. The molecule has 0 radical (unpaired) electrons. The standard InChI is InChI=1S/C30H42BrN3O4/c1-20(2)23-8-7-9-24(21(3)4)27(23)33-28(35)32-17-30(37-18-29(5,6)19-38-30)22-10-11-26(25(31)16-22)34-12-14-36-15-13-34/h7-11,16,20-21H,12-15,17-19H2,1-6H3,(H2,32,33,35). The molecule has 0 spiro atoms. The van der Waals surface area contributed by atoms with Gasteiger partial charge in [0.15, 0.2) is 0 Å². The quantitative estimate of drug-likeness (QED) is 0.383. The Hall–Kier alpha value is -2.13. The summed E-state index contributed by atoms with van der Waals surface area (Å²) in [4.78, 5) is 15.6. The van der Waals surface area contributed by atoms with Gasteiger partial charge in [0, 0.05) is 34.2 Å². The van der Waals surface area contributed by atoms with Crippen LogP contribution in [0.2, 0.25) is 0 Å². The molecule has 2 saturated heterocycles. The lowest BCUT2D eigenvalue weighted by Crippen LogP contribution is -2.52. The number of ether oxygens (including phenoxy) is 3. The van der Waals surface area contributed by atoms with Crippen LogP contribution in [0.25, 0.3) is 0 Å². The minimum atomic E-state index is -1.09. The number of rotatable bonds is 7. The summed E-state index contributed by atoms with van der Waals surface area (Å²) in [6, 6.07) is 12.1. The number of anilines is 2. The maximum atomic E-state index is 13.3. The number of nitrogens with zero attached hydrogens (tertiary/aromatic N) is 1. The highest BCUT2D eigenvalue weighted by atomic mass is 79.9. The summed E-state index contributed by atoms with van der Waals surface area (Å²) in [6.45, 7) is 17.2. The third kappa shape index (κ3) is 6.53. The second-order valence-electron chi connectivity index (χ2n) is 11.7. The number of hydrogen-bond donors (Lipinski definition) is 2. The van der Waals surface area contributed by atoms with E-state index in [0.29, 0.717) is 13.2 Å². The van der Waals surface area contributed by atoms with Crippen molar-refractivity contribution in [1.82, 2.24) is 5.32 Å². The Bertz CT molecular complexity index is 1090. The van der Waals surface area contributed by atoms with Gasteiger partial charge >= 0.3 is 6.03 Å². The van der Waals surface area contributed by atoms with E-state index in [4.69, 9.17) is 14.2 Å². The van der Waals surface area contributed by atoms with Crippen LogP contribution >= 0.6 is 15.9 Å². The van der Waals surface area contributed by atoms with E-state index in [1.165, 1.54) is 0 Å². The molecule has 38 heavy (non-hydrogen) atoms. The van der Waals surface area contributed by atoms with Crippen molar-refractivity contribution in [1.29, 1.82) is 0 Å². The number of para-hydroxylation sites is 1. The van der Waals surface area contributed by atoms with Crippen LogP contribution in [0.4, 0.5) is 16.2 Å². The third-order valence-electron chi connectivity index (χ3n) is 7.22. The summed E-state index contributed by atoms with van der Waals surface area (Å²) in [5.74, 6) is -0.521. The zero-order valence-corrected chi connectivity index (χ0v) is 25.1. The summed E-state index contributed by atoms with van der Waals surface area (Å²) < 4.78 is 19.3. The fourth-order valence-electron chi connectivity index (χ4n) is 4.93. The number of nitrogens with one attached hydrogen (secondary N) is 2. The van der Waals surface area contributed by atoms with Crippen molar-refractivity contribution in [3.63, 3.8) is 0 Å². The van der Waals surface area contributed by atoms with Crippen molar-refractivity contribution in [3.05, 3.63) is 57.6 Å². The summed E-state index contributed by atoms with van der Waals surface area (Å²) in [5, 5.41) is 6.20. The Morgan fingerprint density at radius 3 is 2.16 bits per heavy atom. The zero-order chi connectivity index (χ0) is 27.5. The van der Waals surface area contributed by atoms with Gasteiger partial charge < -0.3 is 29.7 Å². The predicted octanol–water partition coefficient (Wildman–Crippen LogP) is 6.58. The van der Waals surface area contributed by atoms with Crippen LogP contribution in [0.15, 0.2) is 40.9 Å². The molecule has 2 N–H and O–H groups in total. The molecular weight excluding hydrogens is 546 g/mol. The van der Waals surface area contributed by atoms with E-state index in [1.807, 2.05) is 12.1 Å². The van der Waals surface area contributed by atoms with Crippen molar-refractivity contribution in [2.75, 3.05) is 56.3 Å². The Balaban J connectivity index is 1.56. The molecule has 0 saturated carbocycles. The molecule has 0 unspecified atom stereocenters. The highest BCUT2D eigenvalue weighted by Gasteiger charge is 2.43. The van der Waals surface area contributed by atoms with Crippen LogP contribution in [-0.2, 0) is 20.0 Å². The van der Waals surface area contributed by atoms with E-state index >= 15 is 0 Å². The van der Waals surface area contributed by atoms with Crippen molar-refractivity contribution in [2.45, 2.75) is 59.2 Å². The Labute approximate surface area is 235 Å². The van der Waals surface area contributed by atoms with E-state index in [0.717, 1.165) is 58.8 Å². The minimum Gasteiger partial charge on any atom is -0.378 e. The number of hydrogen-bond acceptors (Lipinski definition) is 5.